The molecule has 0 saturated carbocycles. The molecule has 12 heavy (non-hydrogen) atoms. The highest BCUT2D eigenvalue weighted by Crippen LogP contribution is 2.22. The van der Waals surface area contributed by atoms with Gasteiger partial charge in [0.25, 0.3) is 11.0 Å². The fourth-order valence-electron chi connectivity index (χ4n) is 0.852. The van der Waals surface area contributed by atoms with Crippen LogP contribution >= 0.6 is 15.9 Å². The van der Waals surface area contributed by atoms with E-state index in [-0.39, 0.29) is 5.56 Å². The van der Waals surface area contributed by atoms with Crippen molar-refractivity contribution in [3.05, 3.63) is 28.0 Å². The second kappa shape index (κ2) is 3.35. The van der Waals surface area contributed by atoms with Gasteiger partial charge in [-0.15, -0.1) is 0 Å². The number of aryl methyl sites for hydroxylation is 1. The summed E-state index contributed by atoms with van der Waals surface area (Å²) in [6, 6.07) is 1.43. The lowest BCUT2D eigenvalue weighted by molar-refractivity contribution is -0.913. The standard InChI is InChI=1S/C7H7BrF2NO/c1-4-2-6(8)11(12)3-5(4)7(9)10/h2-3,7,12H,1H3/q+1. The smallest absolute Gasteiger partial charge is 0.284 e. The summed E-state index contributed by atoms with van der Waals surface area (Å²) in [5, 5.41) is 9.01. The van der Waals surface area contributed by atoms with Crippen LogP contribution in [-0.2, 0) is 0 Å². The third-order valence-corrected chi connectivity index (χ3v) is 2.10. The van der Waals surface area contributed by atoms with E-state index in [0.717, 1.165) is 6.20 Å². The fraction of sp³-hybridized carbons (Fsp3) is 0.286. The van der Waals surface area contributed by atoms with E-state index in [0.29, 0.717) is 14.9 Å². The molecule has 0 saturated heterocycles. The normalized spacial score (nSPS) is 10.8. The van der Waals surface area contributed by atoms with E-state index in [4.69, 9.17) is 5.21 Å². The Hall–Kier alpha value is -0.710. The maximum atomic E-state index is 12.2. The molecule has 1 rings (SSSR count). The van der Waals surface area contributed by atoms with Gasteiger partial charge in [0.05, 0.1) is 5.56 Å². The Morgan fingerprint density at radius 1 is 1.58 bits per heavy atom. The number of hydrogen-bond donors (Lipinski definition) is 1. The fourth-order valence-corrected chi connectivity index (χ4v) is 1.30. The van der Waals surface area contributed by atoms with E-state index in [1.165, 1.54) is 6.07 Å². The summed E-state index contributed by atoms with van der Waals surface area (Å²) in [5.41, 5.74) is 0.280. The molecule has 0 aliphatic rings. The number of aromatic nitrogens is 1. The molecular weight excluding hydrogens is 232 g/mol. The van der Waals surface area contributed by atoms with Crippen LogP contribution in [0.4, 0.5) is 8.78 Å². The van der Waals surface area contributed by atoms with Gasteiger partial charge in [0.2, 0.25) is 6.20 Å². The first kappa shape index (κ1) is 9.38. The largest absolute Gasteiger partial charge is 0.298 e. The Bertz CT molecular complexity index is 304. The lowest BCUT2D eigenvalue weighted by atomic mass is 10.2. The number of pyridine rings is 1. The van der Waals surface area contributed by atoms with Gasteiger partial charge in [-0.2, -0.15) is 0 Å². The maximum Gasteiger partial charge on any atom is 0.298 e. The van der Waals surface area contributed by atoms with Gasteiger partial charge in [0.1, 0.15) is 0 Å². The van der Waals surface area contributed by atoms with Crippen LogP contribution in [0.3, 0.4) is 0 Å². The monoisotopic (exact) mass is 238 g/mol. The molecule has 1 N–H and O–H groups in total. The zero-order chi connectivity index (χ0) is 9.30. The molecule has 5 heteroatoms. The van der Waals surface area contributed by atoms with Gasteiger partial charge in [-0.25, -0.2) is 8.78 Å². The van der Waals surface area contributed by atoms with Crippen molar-refractivity contribution in [2.45, 2.75) is 13.3 Å². The molecule has 2 nitrogen and oxygen atoms in total. The van der Waals surface area contributed by atoms with E-state index in [1.54, 1.807) is 6.92 Å². The average Bonchev–Trinajstić information content (AvgIpc) is 1.96. The van der Waals surface area contributed by atoms with Crippen LogP contribution in [0.15, 0.2) is 16.9 Å². The van der Waals surface area contributed by atoms with Crippen molar-refractivity contribution in [1.82, 2.24) is 0 Å². The van der Waals surface area contributed by atoms with Gasteiger partial charge < -0.3 is 0 Å². The van der Waals surface area contributed by atoms with Crippen molar-refractivity contribution >= 4 is 15.9 Å². The number of nitrogens with zero attached hydrogens (tertiary/aromatic N) is 1. The highest BCUT2D eigenvalue weighted by molar-refractivity contribution is 9.10. The number of rotatable bonds is 1. The first-order chi connectivity index (χ1) is 5.52. The van der Waals surface area contributed by atoms with Crippen molar-refractivity contribution in [3.8, 4) is 0 Å². The topological polar surface area (TPSA) is 24.1 Å². The van der Waals surface area contributed by atoms with Gasteiger partial charge in [-0.1, -0.05) is 0 Å². The molecule has 0 aliphatic heterocycles. The van der Waals surface area contributed by atoms with Crippen molar-refractivity contribution in [1.29, 1.82) is 0 Å². The van der Waals surface area contributed by atoms with Crippen LogP contribution in [0.25, 0.3) is 0 Å². The van der Waals surface area contributed by atoms with E-state index in [9.17, 15) is 8.78 Å². The van der Waals surface area contributed by atoms with Gasteiger partial charge in [0.15, 0.2) is 0 Å². The molecule has 0 amide bonds. The molecule has 0 spiro atoms. The zero-order valence-corrected chi connectivity index (χ0v) is 7.85. The minimum atomic E-state index is -2.56. The van der Waals surface area contributed by atoms with Crippen LogP contribution < -0.4 is 4.73 Å². The molecule has 1 aromatic rings. The van der Waals surface area contributed by atoms with Crippen molar-refractivity contribution in [3.63, 3.8) is 0 Å². The Labute approximate surface area is 76.5 Å². The van der Waals surface area contributed by atoms with Crippen molar-refractivity contribution < 1.29 is 18.7 Å². The van der Waals surface area contributed by atoms with Crippen LogP contribution in [0.2, 0.25) is 0 Å². The highest BCUT2D eigenvalue weighted by Gasteiger charge is 2.18. The van der Waals surface area contributed by atoms with Gasteiger partial charge in [-0.05, 0) is 12.5 Å². The molecule has 0 bridgehead atoms. The van der Waals surface area contributed by atoms with Gasteiger partial charge in [0, 0.05) is 26.7 Å². The lowest BCUT2D eigenvalue weighted by Gasteiger charge is -2.00. The minimum absolute atomic E-state index is 0.166. The molecule has 1 aromatic heterocycles. The van der Waals surface area contributed by atoms with Gasteiger partial charge >= 0.3 is 0 Å². The Morgan fingerprint density at radius 3 is 2.67 bits per heavy atom. The summed E-state index contributed by atoms with van der Waals surface area (Å²) >= 11 is 3.00. The first-order valence-electron chi connectivity index (χ1n) is 3.21. The second-order valence-corrected chi connectivity index (χ2v) is 3.19. The third kappa shape index (κ3) is 1.72. The quantitative estimate of drug-likeness (QED) is 0.453. The zero-order valence-electron chi connectivity index (χ0n) is 6.26. The molecule has 1 heterocycles. The van der Waals surface area contributed by atoms with E-state index >= 15 is 0 Å². The van der Waals surface area contributed by atoms with Crippen molar-refractivity contribution in [2.75, 3.05) is 0 Å². The average molecular weight is 239 g/mol. The van der Waals surface area contributed by atoms with Crippen LogP contribution in [0.1, 0.15) is 17.6 Å². The van der Waals surface area contributed by atoms with Gasteiger partial charge in [-0.3, -0.25) is 5.21 Å². The van der Waals surface area contributed by atoms with Crippen LogP contribution in [0.5, 0.6) is 0 Å². The Morgan fingerprint density at radius 2 is 2.17 bits per heavy atom. The summed E-state index contributed by atoms with van der Waals surface area (Å²) in [4.78, 5) is 0. The molecule has 0 atom stereocenters. The number of alkyl halides is 2. The van der Waals surface area contributed by atoms with Crippen LogP contribution in [-0.4, -0.2) is 5.21 Å². The summed E-state index contributed by atoms with van der Waals surface area (Å²) in [6.45, 7) is 1.56. The van der Waals surface area contributed by atoms with E-state index in [2.05, 4.69) is 15.9 Å². The Balaban J connectivity index is 3.23. The summed E-state index contributed by atoms with van der Waals surface area (Å²) in [7, 11) is 0. The molecule has 0 radical (unpaired) electrons. The Kier molecular flexibility index (Phi) is 2.62. The molecule has 0 aromatic carbocycles. The predicted octanol–water partition coefficient (Wildman–Crippen LogP) is 2.22. The SMILES string of the molecule is Cc1cc(Br)[n+](O)cc1C(F)F. The maximum absolute atomic E-state index is 12.2. The highest BCUT2D eigenvalue weighted by atomic mass is 79.9. The lowest BCUT2D eigenvalue weighted by Crippen LogP contribution is -2.32. The van der Waals surface area contributed by atoms with Crippen molar-refractivity contribution in [2.24, 2.45) is 0 Å². The first-order valence-corrected chi connectivity index (χ1v) is 4.00. The van der Waals surface area contributed by atoms with Crippen LogP contribution in [0, 0.1) is 6.92 Å². The minimum Gasteiger partial charge on any atom is -0.284 e. The van der Waals surface area contributed by atoms with E-state index < -0.39 is 6.43 Å². The number of hydrogen-bond acceptors (Lipinski definition) is 1. The summed E-state index contributed by atoms with van der Waals surface area (Å²) in [6.07, 6.45) is -1.57. The van der Waals surface area contributed by atoms with E-state index in [1.807, 2.05) is 0 Å². The molecule has 66 valence electrons. The molecular formula is C7H7BrF2NO+. The third-order valence-electron chi connectivity index (χ3n) is 1.51. The molecule has 0 aliphatic carbocycles. The molecule has 0 unspecified atom stereocenters. The summed E-state index contributed by atoms with van der Waals surface area (Å²) in [5.74, 6) is 0. The predicted molar refractivity (Wildman–Crippen MR) is 41.2 cm³/mol. The summed E-state index contributed by atoms with van der Waals surface area (Å²) < 4.78 is 25.4. The molecule has 0 fully saturated rings. The number of halogens is 3. The second-order valence-electron chi connectivity index (χ2n) is 2.38.